The van der Waals surface area contributed by atoms with E-state index in [1.165, 1.54) is 5.69 Å². The van der Waals surface area contributed by atoms with E-state index < -0.39 is 0 Å². The summed E-state index contributed by atoms with van der Waals surface area (Å²) in [5.41, 5.74) is 1.24. The summed E-state index contributed by atoms with van der Waals surface area (Å²) in [7, 11) is 5.60. The van der Waals surface area contributed by atoms with E-state index in [0.29, 0.717) is 12.6 Å². The summed E-state index contributed by atoms with van der Waals surface area (Å²) in [4.78, 5) is 11.2. The molecule has 2 aromatic rings. The summed E-state index contributed by atoms with van der Waals surface area (Å²) in [5.74, 6) is 2.63. The highest BCUT2D eigenvalue weighted by Crippen LogP contribution is 2.13. The van der Waals surface area contributed by atoms with E-state index in [-0.39, 0.29) is 0 Å². The molecule has 0 fully saturated rings. The SMILES string of the molecule is CN=C(NCCCN(C)c1ccccc1)NC1CCc2nc(COC)nn2C1. The maximum atomic E-state index is 5.13. The molecular formula is C20H31N7O. The minimum atomic E-state index is 0.294. The molecular weight excluding hydrogens is 354 g/mol. The molecule has 28 heavy (non-hydrogen) atoms. The van der Waals surface area contributed by atoms with Crippen molar-refractivity contribution in [2.75, 3.05) is 39.2 Å². The third-order valence-corrected chi connectivity index (χ3v) is 4.90. The van der Waals surface area contributed by atoms with Crippen LogP contribution < -0.4 is 15.5 Å². The third kappa shape index (κ3) is 5.45. The highest BCUT2D eigenvalue weighted by molar-refractivity contribution is 5.79. The Morgan fingerprint density at radius 1 is 1.36 bits per heavy atom. The van der Waals surface area contributed by atoms with Crippen LogP contribution in [-0.4, -0.2) is 61.1 Å². The number of nitrogens with one attached hydrogen (secondary N) is 2. The number of aryl methyl sites for hydroxylation is 1. The minimum absolute atomic E-state index is 0.294. The van der Waals surface area contributed by atoms with Crippen LogP contribution in [0.1, 0.15) is 24.5 Å². The van der Waals surface area contributed by atoms with Crippen LogP contribution in [0.2, 0.25) is 0 Å². The van der Waals surface area contributed by atoms with Crippen molar-refractivity contribution in [3.63, 3.8) is 0 Å². The molecule has 0 spiro atoms. The van der Waals surface area contributed by atoms with Crippen molar-refractivity contribution in [3.05, 3.63) is 42.0 Å². The van der Waals surface area contributed by atoms with Crippen molar-refractivity contribution >= 4 is 11.6 Å². The van der Waals surface area contributed by atoms with Crippen molar-refractivity contribution in [1.29, 1.82) is 0 Å². The average molecular weight is 386 g/mol. The molecule has 1 aliphatic rings. The number of nitrogens with zero attached hydrogens (tertiary/aromatic N) is 5. The van der Waals surface area contributed by atoms with Gasteiger partial charge >= 0.3 is 0 Å². The molecule has 1 aromatic heterocycles. The predicted octanol–water partition coefficient (Wildman–Crippen LogP) is 1.43. The number of anilines is 1. The zero-order valence-corrected chi connectivity index (χ0v) is 17.1. The van der Waals surface area contributed by atoms with Gasteiger partial charge in [-0.05, 0) is 25.0 Å². The lowest BCUT2D eigenvalue weighted by atomic mass is 10.1. The molecule has 0 saturated heterocycles. The summed E-state index contributed by atoms with van der Waals surface area (Å²) in [6.45, 7) is 3.11. The zero-order valence-electron chi connectivity index (χ0n) is 17.1. The highest BCUT2D eigenvalue weighted by atomic mass is 16.5. The molecule has 1 aromatic carbocycles. The van der Waals surface area contributed by atoms with E-state index in [9.17, 15) is 0 Å². The molecule has 152 valence electrons. The molecule has 0 amide bonds. The van der Waals surface area contributed by atoms with Gasteiger partial charge in [0.05, 0.1) is 6.54 Å². The Bertz CT molecular complexity index is 759. The highest BCUT2D eigenvalue weighted by Gasteiger charge is 2.22. The van der Waals surface area contributed by atoms with Gasteiger partial charge in [0.1, 0.15) is 12.4 Å². The van der Waals surface area contributed by atoms with Crippen LogP contribution in [0.25, 0.3) is 0 Å². The smallest absolute Gasteiger partial charge is 0.191 e. The lowest BCUT2D eigenvalue weighted by molar-refractivity contribution is 0.177. The van der Waals surface area contributed by atoms with Gasteiger partial charge in [-0.3, -0.25) is 4.99 Å². The van der Waals surface area contributed by atoms with Gasteiger partial charge < -0.3 is 20.3 Å². The van der Waals surface area contributed by atoms with E-state index in [4.69, 9.17) is 4.74 Å². The number of fused-ring (bicyclic) bond motifs is 1. The van der Waals surface area contributed by atoms with E-state index in [1.54, 1.807) is 7.11 Å². The number of benzene rings is 1. The molecule has 1 aliphatic heterocycles. The molecule has 2 heterocycles. The molecule has 2 N–H and O–H groups in total. The van der Waals surface area contributed by atoms with Crippen LogP contribution in [0.15, 0.2) is 35.3 Å². The number of guanidine groups is 1. The Labute approximate surface area is 167 Å². The van der Waals surface area contributed by atoms with Crippen LogP contribution in [0, 0.1) is 0 Å². The second-order valence-electron chi connectivity index (χ2n) is 7.05. The van der Waals surface area contributed by atoms with Crippen LogP contribution in [0.4, 0.5) is 5.69 Å². The second-order valence-corrected chi connectivity index (χ2v) is 7.05. The Morgan fingerprint density at radius 3 is 2.93 bits per heavy atom. The van der Waals surface area contributed by atoms with Gasteiger partial charge in [0.25, 0.3) is 0 Å². The fourth-order valence-electron chi connectivity index (χ4n) is 3.39. The van der Waals surface area contributed by atoms with Crippen molar-refractivity contribution in [1.82, 2.24) is 25.4 Å². The number of hydrogen-bond acceptors (Lipinski definition) is 5. The lowest BCUT2D eigenvalue weighted by Crippen LogP contribution is -2.47. The van der Waals surface area contributed by atoms with E-state index in [1.807, 2.05) is 17.8 Å². The number of para-hydroxylation sites is 1. The molecule has 8 nitrogen and oxygen atoms in total. The second kappa shape index (κ2) is 10.1. The summed E-state index contributed by atoms with van der Waals surface area (Å²) in [5, 5.41) is 11.5. The molecule has 0 saturated carbocycles. The van der Waals surface area contributed by atoms with Gasteiger partial charge in [0.2, 0.25) is 0 Å². The van der Waals surface area contributed by atoms with Gasteiger partial charge in [-0.2, -0.15) is 5.10 Å². The molecule has 3 rings (SSSR count). The summed E-state index contributed by atoms with van der Waals surface area (Å²) in [6, 6.07) is 10.7. The summed E-state index contributed by atoms with van der Waals surface area (Å²) < 4.78 is 7.11. The van der Waals surface area contributed by atoms with Gasteiger partial charge in [0, 0.05) is 52.4 Å². The maximum absolute atomic E-state index is 5.13. The average Bonchev–Trinajstić information content (AvgIpc) is 3.12. The zero-order chi connectivity index (χ0) is 19.8. The number of aromatic nitrogens is 3. The quantitative estimate of drug-likeness (QED) is 0.407. The van der Waals surface area contributed by atoms with Gasteiger partial charge in [0.15, 0.2) is 11.8 Å². The van der Waals surface area contributed by atoms with E-state index >= 15 is 0 Å². The van der Waals surface area contributed by atoms with Crippen molar-refractivity contribution in [3.8, 4) is 0 Å². The van der Waals surface area contributed by atoms with Crippen molar-refractivity contribution in [2.45, 2.75) is 38.5 Å². The summed E-state index contributed by atoms with van der Waals surface area (Å²) in [6.07, 6.45) is 2.96. The summed E-state index contributed by atoms with van der Waals surface area (Å²) >= 11 is 0. The van der Waals surface area contributed by atoms with Crippen LogP contribution in [0.5, 0.6) is 0 Å². The number of rotatable bonds is 8. The fraction of sp³-hybridized carbons (Fsp3) is 0.550. The van der Waals surface area contributed by atoms with Crippen LogP contribution in [0.3, 0.4) is 0 Å². The van der Waals surface area contributed by atoms with Gasteiger partial charge in [-0.25, -0.2) is 9.67 Å². The van der Waals surface area contributed by atoms with Crippen molar-refractivity contribution < 1.29 is 4.74 Å². The topological polar surface area (TPSA) is 79.6 Å². The Hall–Kier alpha value is -2.61. The van der Waals surface area contributed by atoms with Gasteiger partial charge in [-0.15, -0.1) is 0 Å². The Kier molecular flexibility index (Phi) is 7.25. The lowest BCUT2D eigenvalue weighted by Gasteiger charge is -2.25. The number of methoxy groups -OCH3 is 1. The standard InChI is InChI=1S/C20H31N7O/c1-21-20(22-12-7-13-26(2)17-8-5-4-6-9-17)23-16-10-11-19-24-18(15-28-3)25-27(19)14-16/h4-6,8-9,16H,7,10-15H2,1-3H3,(H2,21,22,23). The Balaban J connectivity index is 1.41. The third-order valence-electron chi connectivity index (χ3n) is 4.90. The first kappa shape index (κ1) is 20.1. The van der Waals surface area contributed by atoms with Crippen molar-refractivity contribution in [2.24, 2.45) is 4.99 Å². The minimum Gasteiger partial charge on any atom is -0.377 e. The maximum Gasteiger partial charge on any atom is 0.191 e. The number of aliphatic imine (C=N–C) groups is 1. The van der Waals surface area contributed by atoms with Crippen LogP contribution >= 0.6 is 0 Å². The first-order valence-corrected chi connectivity index (χ1v) is 9.84. The fourth-order valence-corrected chi connectivity index (χ4v) is 3.39. The monoisotopic (exact) mass is 385 g/mol. The Morgan fingerprint density at radius 2 is 2.18 bits per heavy atom. The van der Waals surface area contributed by atoms with E-state index in [2.05, 4.69) is 61.9 Å². The first-order valence-electron chi connectivity index (χ1n) is 9.84. The number of ether oxygens (including phenoxy) is 1. The first-order chi connectivity index (χ1) is 13.7. The van der Waals surface area contributed by atoms with Crippen LogP contribution in [-0.2, 0) is 24.3 Å². The predicted molar refractivity (Wildman–Crippen MR) is 112 cm³/mol. The largest absolute Gasteiger partial charge is 0.377 e. The van der Waals surface area contributed by atoms with E-state index in [0.717, 1.165) is 56.5 Å². The molecule has 0 aliphatic carbocycles. The molecule has 8 heteroatoms. The molecule has 1 unspecified atom stereocenters. The molecule has 1 atom stereocenters. The normalized spacial score (nSPS) is 16.5. The van der Waals surface area contributed by atoms with Gasteiger partial charge in [-0.1, -0.05) is 18.2 Å². The number of hydrogen-bond donors (Lipinski definition) is 2. The molecule has 0 bridgehead atoms. The molecule has 0 radical (unpaired) electrons.